The van der Waals surface area contributed by atoms with Crippen molar-refractivity contribution >= 4 is 29.6 Å². The van der Waals surface area contributed by atoms with E-state index in [1.165, 1.54) is 0 Å². The van der Waals surface area contributed by atoms with Crippen LogP contribution in [0.4, 0.5) is 5.69 Å². The first-order valence-corrected chi connectivity index (χ1v) is 7.54. The van der Waals surface area contributed by atoms with E-state index in [0.29, 0.717) is 0 Å². The molecule has 1 aromatic carbocycles. The number of rotatable bonds is 8. The van der Waals surface area contributed by atoms with Gasteiger partial charge in [0.1, 0.15) is 0 Å². The average Bonchev–Trinajstić information content (AvgIpc) is 2.79. The molecule has 0 fully saturated rings. The topological polar surface area (TPSA) is 17.0 Å². The molecule has 0 bridgehead atoms. The van der Waals surface area contributed by atoms with Gasteiger partial charge in [0.05, 0.1) is 6.04 Å². The molecule has 0 amide bonds. The van der Waals surface area contributed by atoms with Crippen molar-refractivity contribution < 1.29 is 0 Å². The average molecular weight is 292 g/mol. The second-order valence-electron chi connectivity index (χ2n) is 5.33. The molecule has 114 valence electrons. The number of aromatic nitrogens is 1. The Bertz CT molecular complexity index is 795. The van der Waals surface area contributed by atoms with Crippen LogP contribution >= 0.6 is 0 Å². The molecule has 0 radical (unpaired) electrons. The maximum absolute atomic E-state index is 4.30. The highest BCUT2D eigenvalue weighted by molar-refractivity contribution is 5.94. The minimum Gasteiger partial charge on any atom is -0.381 e. The Labute approximate surface area is 132 Å². The molecule has 1 unspecified atom stereocenters. The first kappa shape index (κ1) is 15.9. The van der Waals surface area contributed by atoms with Crippen molar-refractivity contribution in [1.82, 2.24) is 4.57 Å². The molecule has 0 saturated heterocycles. The van der Waals surface area contributed by atoms with Crippen LogP contribution < -0.4 is 16.0 Å². The molecule has 1 atom stereocenters. The van der Waals surface area contributed by atoms with E-state index in [9.17, 15) is 0 Å². The van der Waals surface area contributed by atoms with Crippen molar-refractivity contribution in [3.05, 3.63) is 66.9 Å². The van der Waals surface area contributed by atoms with Gasteiger partial charge in [0.15, 0.2) is 0 Å². The molecule has 2 aromatic rings. The molecule has 1 heterocycles. The van der Waals surface area contributed by atoms with Gasteiger partial charge in [-0.1, -0.05) is 43.5 Å². The second-order valence-corrected chi connectivity index (χ2v) is 5.33. The van der Waals surface area contributed by atoms with Gasteiger partial charge in [0, 0.05) is 33.7 Å². The Hall–Kier alpha value is -2.48. The zero-order chi connectivity index (χ0) is 16.1. The Kier molecular flexibility index (Phi) is 5.05. The number of nitrogens with zero attached hydrogens (tertiary/aromatic N) is 1. The smallest absolute Gasteiger partial charge is 0.0522 e. The van der Waals surface area contributed by atoms with E-state index >= 15 is 0 Å². The maximum atomic E-state index is 4.30. The normalized spacial score (nSPS) is 12.0. The third-order valence-corrected chi connectivity index (χ3v) is 3.95. The minimum atomic E-state index is 0.178. The van der Waals surface area contributed by atoms with E-state index in [1.807, 2.05) is 24.3 Å². The van der Waals surface area contributed by atoms with Crippen molar-refractivity contribution in [2.45, 2.75) is 18.9 Å². The van der Waals surface area contributed by atoms with Crippen molar-refractivity contribution in [1.29, 1.82) is 0 Å². The number of allylic oxidation sites excluding steroid dienone is 2. The van der Waals surface area contributed by atoms with Gasteiger partial charge in [-0.05, 0) is 18.9 Å². The number of benzene rings is 1. The molecule has 0 aliphatic rings. The van der Waals surface area contributed by atoms with Gasteiger partial charge in [-0.2, -0.15) is 0 Å². The molecule has 22 heavy (non-hydrogen) atoms. The number of fused-ring (bicyclic) bond motifs is 1. The predicted octanol–water partition coefficient (Wildman–Crippen LogP) is 3.75. The van der Waals surface area contributed by atoms with Crippen LogP contribution in [0.3, 0.4) is 0 Å². The van der Waals surface area contributed by atoms with Crippen LogP contribution in [-0.2, 0) is 0 Å². The Morgan fingerprint density at radius 3 is 2.50 bits per heavy atom. The largest absolute Gasteiger partial charge is 0.381 e. The molecular formula is C20H24N2. The van der Waals surface area contributed by atoms with Crippen molar-refractivity contribution in [2.75, 3.05) is 11.9 Å². The number of anilines is 1. The van der Waals surface area contributed by atoms with Gasteiger partial charge in [0.2, 0.25) is 0 Å². The zero-order valence-electron chi connectivity index (χ0n) is 13.1. The molecule has 0 aliphatic heterocycles. The Morgan fingerprint density at radius 2 is 1.86 bits per heavy atom. The van der Waals surface area contributed by atoms with Gasteiger partial charge >= 0.3 is 0 Å². The lowest BCUT2D eigenvalue weighted by Crippen LogP contribution is -2.28. The van der Waals surface area contributed by atoms with E-state index in [-0.39, 0.29) is 6.04 Å². The number of nitrogens with one attached hydrogen (secondary N) is 1. The van der Waals surface area contributed by atoms with Gasteiger partial charge in [0.25, 0.3) is 0 Å². The van der Waals surface area contributed by atoms with Crippen LogP contribution in [0.15, 0.2) is 56.2 Å². The van der Waals surface area contributed by atoms with Gasteiger partial charge in [-0.15, -0.1) is 19.7 Å². The lowest BCUT2D eigenvalue weighted by atomic mass is 10.1. The highest BCUT2D eigenvalue weighted by Gasteiger charge is 2.13. The molecule has 0 aliphatic carbocycles. The Balaban J connectivity index is 2.64. The van der Waals surface area contributed by atoms with Crippen LogP contribution in [0.25, 0.3) is 23.9 Å². The SMILES string of the molecule is C=CCCC(C=C)n1c(=C)c2cccc(NCC=C)c2c1=C. The zero-order valence-corrected chi connectivity index (χ0v) is 13.1. The fourth-order valence-electron chi connectivity index (χ4n) is 2.89. The number of hydrogen-bond acceptors (Lipinski definition) is 1. The van der Waals surface area contributed by atoms with Crippen LogP contribution in [0, 0.1) is 0 Å². The summed E-state index contributed by atoms with van der Waals surface area (Å²) in [5.41, 5.74) is 1.07. The summed E-state index contributed by atoms with van der Waals surface area (Å²) in [6.45, 7) is 20.8. The monoisotopic (exact) mass is 292 g/mol. The second kappa shape index (κ2) is 6.99. The van der Waals surface area contributed by atoms with Gasteiger partial charge in [-0.25, -0.2) is 0 Å². The fraction of sp³-hybridized carbons (Fsp3) is 0.200. The summed E-state index contributed by atoms with van der Waals surface area (Å²) in [7, 11) is 0. The summed E-state index contributed by atoms with van der Waals surface area (Å²) in [4.78, 5) is 0. The summed E-state index contributed by atoms with van der Waals surface area (Å²) in [5.74, 6) is 0. The number of hydrogen-bond donors (Lipinski definition) is 1. The first-order chi connectivity index (χ1) is 10.7. The predicted molar refractivity (Wildman–Crippen MR) is 99.6 cm³/mol. The van der Waals surface area contributed by atoms with E-state index in [0.717, 1.165) is 46.5 Å². The molecule has 0 spiro atoms. The van der Waals surface area contributed by atoms with Gasteiger partial charge in [-0.3, -0.25) is 0 Å². The van der Waals surface area contributed by atoms with Crippen molar-refractivity contribution in [3.8, 4) is 0 Å². The van der Waals surface area contributed by atoms with Crippen molar-refractivity contribution in [2.24, 2.45) is 0 Å². The van der Waals surface area contributed by atoms with E-state index in [1.54, 1.807) is 0 Å². The molecule has 1 aromatic heterocycles. The first-order valence-electron chi connectivity index (χ1n) is 7.54. The highest BCUT2D eigenvalue weighted by atomic mass is 15.0. The van der Waals surface area contributed by atoms with Crippen molar-refractivity contribution in [3.63, 3.8) is 0 Å². The molecule has 2 heteroatoms. The van der Waals surface area contributed by atoms with Crippen LogP contribution in [0.2, 0.25) is 0 Å². The fourth-order valence-corrected chi connectivity index (χ4v) is 2.89. The van der Waals surface area contributed by atoms with Crippen LogP contribution in [0.5, 0.6) is 0 Å². The van der Waals surface area contributed by atoms with E-state index < -0.39 is 0 Å². The van der Waals surface area contributed by atoms with E-state index in [4.69, 9.17) is 0 Å². The summed E-state index contributed by atoms with van der Waals surface area (Å²) in [6.07, 6.45) is 7.63. The third-order valence-electron chi connectivity index (χ3n) is 3.95. The molecule has 2 nitrogen and oxygen atoms in total. The van der Waals surface area contributed by atoms with E-state index in [2.05, 4.69) is 54.9 Å². The van der Waals surface area contributed by atoms with Gasteiger partial charge < -0.3 is 9.88 Å². The van der Waals surface area contributed by atoms with Crippen LogP contribution in [-0.4, -0.2) is 11.1 Å². The molecule has 1 N–H and O–H groups in total. The standard InChI is InChI=1S/C20H24N2/c1-6-9-11-17(8-3)22-15(4)18-12-10-13-19(21-14-7-2)20(18)16(22)5/h6-8,10,12-13,17,21H,1-5,9,11,14H2. The maximum Gasteiger partial charge on any atom is 0.0522 e. The lowest BCUT2D eigenvalue weighted by Gasteiger charge is -2.15. The summed E-state index contributed by atoms with van der Waals surface area (Å²) < 4.78 is 2.18. The molecular weight excluding hydrogens is 268 g/mol. The molecule has 2 rings (SSSR count). The molecule has 0 saturated carbocycles. The highest BCUT2D eigenvalue weighted by Crippen LogP contribution is 2.20. The quantitative estimate of drug-likeness (QED) is 0.733. The summed E-state index contributed by atoms with van der Waals surface area (Å²) >= 11 is 0. The lowest BCUT2D eigenvalue weighted by molar-refractivity contribution is 0.547. The summed E-state index contributed by atoms with van der Waals surface area (Å²) in [5, 5.41) is 7.59. The summed E-state index contributed by atoms with van der Waals surface area (Å²) in [6, 6.07) is 6.38. The van der Waals surface area contributed by atoms with Crippen LogP contribution in [0.1, 0.15) is 18.9 Å². The Morgan fingerprint density at radius 1 is 1.09 bits per heavy atom. The third kappa shape index (κ3) is 2.77. The minimum absolute atomic E-state index is 0.178.